The number of amides is 1. The minimum Gasteiger partial charge on any atom is -0.497 e. The van der Waals surface area contributed by atoms with E-state index in [1.54, 1.807) is 30.3 Å². The molecule has 160 valence electrons. The number of hydrogen-bond donors (Lipinski definition) is 1. The quantitative estimate of drug-likeness (QED) is 0.249. The van der Waals surface area contributed by atoms with E-state index in [1.165, 1.54) is 31.4 Å². The Bertz CT molecular complexity index is 1270. The van der Waals surface area contributed by atoms with Crippen LogP contribution in [0.4, 0.5) is 17.1 Å². The van der Waals surface area contributed by atoms with Crippen LogP contribution in [0.5, 0.6) is 5.75 Å². The van der Waals surface area contributed by atoms with E-state index in [4.69, 9.17) is 9.15 Å². The first-order valence-corrected chi connectivity index (χ1v) is 8.92. The van der Waals surface area contributed by atoms with Gasteiger partial charge in [0.1, 0.15) is 28.9 Å². The molecule has 0 unspecified atom stereocenters. The molecule has 1 amide bonds. The van der Waals surface area contributed by atoms with E-state index < -0.39 is 27.1 Å². The molecule has 0 spiro atoms. The number of anilines is 1. The predicted octanol–water partition coefficient (Wildman–Crippen LogP) is 4.32. The number of nitriles is 1. The first-order chi connectivity index (χ1) is 15.3. The van der Waals surface area contributed by atoms with E-state index in [9.17, 15) is 30.3 Å². The van der Waals surface area contributed by atoms with E-state index in [1.807, 2.05) is 0 Å². The average Bonchev–Trinajstić information content (AvgIpc) is 3.25. The zero-order valence-corrected chi connectivity index (χ0v) is 16.5. The van der Waals surface area contributed by atoms with Gasteiger partial charge in [-0.3, -0.25) is 25.0 Å². The first kappa shape index (κ1) is 21.7. The summed E-state index contributed by atoms with van der Waals surface area (Å²) in [5.74, 6) is 0.0548. The highest BCUT2D eigenvalue weighted by Gasteiger charge is 2.22. The maximum Gasteiger partial charge on any atom is 0.287 e. The summed E-state index contributed by atoms with van der Waals surface area (Å²) in [6.45, 7) is 0. The number of methoxy groups -OCH3 is 1. The number of ether oxygens (including phenoxy) is 1. The summed E-state index contributed by atoms with van der Waals surface area (Å²) in [6.07, 6.45) is 1.18. The Labute approximate surface area is 180 Å². The monoisotopic (exact) mass is 434 g/mol. The molecular formula is C21H14N4O7. The summed E-state index contributed by atoms with van der Waals surface area (Å²) < 4.78 is 10.6. The number of carbonyl (C=O) groups excluding carboxylic acids is 1. The van der Waals surface area contributed by atoms with E-state index in [-0.39, 0.29) is 22.7 Å². The normalized spacial score (nSPS) is 10.8. The molecule has 0 saturated heterocycles. The van der Waals surface area contributed by atoms with Crippen LogP contribution >= 0.6 is 0 Å². The molecule has 11 heteroatoms. The second-order valence-electron chi connectivity index (χ2n) is 6.27. The van der Waals surface area contributed by atoms with Gasteiger partial charge in [0, 0.05) is 17.8 Å². The lowest BCUT2D eigenvalue weighted by molar-refractivity contribution is -0.393. The molecule has 0 aliphatic carbocycles. The van der Waals surface area contributed by atoms with E-state index in [0.717, 1.165) is 12.1 Å². The minimum atomic E-state index is -0.761. The van der Waals surface area contributed by atoms with Crippen molar-refractivity contribution in [2.45, 2.75) is 0 Å². The van der Waals surface area contributed by atoms with Crippen molar-refractivity contribution in [1.82, 2.24) is 0 Å². The second kappa shape index (κ2) is 9.23. The number of rotatable bonds is 7. The number of benzene rings is 2. The summed E-state index contributed by atoms with van der Waals surface area (Å²) >= 11 is 0. The van der Waals surface area contributed by atoms with Crippen LogP contribution in [0, 0.1) is 31.6 Å². The molecule has 1 N–H and O–H groups in total. The molecule has 3 rings (SSSR count). The van der Waals surface area contributed by atoms with Crippen molar-refractivity contribution in [2.24, 2.45) is 0 Å². The Hall–Kier alpha value is -4.98. The van der Waals surface area contributed by atoms with Crippen LogP contribution in [0.3, 0.4) is 0 Å². The van der Waals surface area contributed by atoms with Crippen molar-refractivity contribution in [3.05, 3.63) is 86.2 Å². The minimum absolute atomic E-state index is 0.0152. The molecule has 1 aromatic heterocycles. The van der Waals surface area contributed by atoms with Crippen LogP contribution in [-0.2, 0) is 4.79 Å². The van der Waals surface area contributed by atoms with Crippen LogP contribution in [-0.4, -0.2) is 22.9 Å². The smallest absolute Gasteiger partial charge is 0.287 e. The van der Waals surface area contributed by atoms with Gasteiger partial charge in [-0.25, -0.2) is 0 Å². The zero-order chi connectivity index (χ0) is 23.3. The topological polar surface area (TPSA) is 162 Å². The molecule has 1 heterocycles. The highest BCUT2D eigenvalue weighted by molar-refractivity contribution is 6.09. The second-order valence-corrected chi connectivity index (χ2v) is 6.27. The van der Waals surface area contributed by atoms with Gasteiger partial charge in [0.2, 0.25) is 0 Å². The van der Waals surface area contributed by atoms with Gasteiger partial charge in [-0.15, -0.1) is 0 Å². The van der Waals surface area contributed by atoms with Gasteiger partial charge in [-0.05, 0) is 42.5 Å². The lowest BCUT2D eigenvalue weighted by Gasteiger charge is -2.05. The molecule has 11 nitrogen and oxygen atoms in total. The van der Waals surface area contributed by atoms with Crippen molar-refractivity contribution in [3.8, 4) is 23.1 Å². The lowest BCUT2D eigenvalue weighted by Crippen LogP contribution is -2.13. The summed E-state index contributed by atoms with van der Waals surface area (Å²) in [5.41, 5.74) is -0.754. The summed E-state index contributed by atoms with van der Waals surface area (Å²) in [6, 6.07) is 14.2. The third kappa shape index (κ3) is 4.77. The summed E-state index contributed by atoms with van der Waals surface area (Å²) in [5, 5.41) is 34.1. The Balaban J connectivity index is 1.86. The molecule has 3 aromatic rings. The van der Waals surface area contributed by atoms with Crippen molar-refractivity contribution in [3.63, 3.8) is 0 Å². The molecule has 2 aromatic carbocycles. The van der Waals surface area contributed by atoms with E-state index in [0.29, 0.717) is 11.4 Å². The van der Waals surface area contributed by atoms with Crippen LogP contribution in [0.2, 0.25) is 0 Å². The van der Waals surface area contributed by atoms with Crippen LogP contribution < -0.4 is 10.1 Å². The first-order valence-electron chi connectivity index (χ1n) is 8.92. The fraction of sp³-hybridized carbons (Fsp3) is 0.0476. The number of carbonyl (C=O) groups is 1. The SMILES string of the molecule is COc1ccc(NC(=O)/C(C#N)=C\c2ccc(-c3ccc([N+](=O)[O-])cc3[N+](=O)[O-])o2)cc1. The number of non-ortho nitro benzene ring substituents is 1. The van der Waals surface area contributed by atoms with Crippen molar-refractivity contribution in [1.29, 1.82) is 5.26 Å². The molecule has 0 radical (unpaired) electrons. The molecule has 32 heavy (non-hydrogen) atoms. The molecule has 0 saturated carbocycles. The van der Waals surface area contributed by atoms with Gasteiger partial charge in [-0.2, -0.15) is 5.26 Å². The van der Waals surface area contributed by atoms with E-state index >= 15 is 0 Å². The predicted molar refractivity (Wildman–Crippen MR) is 113 cm³/mol. The van der Waals surface area contributed by atoms with Gasteiger partial charge in [-0.1, -0.05) is 0 Å². The largest absolute Gasteiger partial charge is 0.497 e. The molecule has 0 aliphatic heterocycles. The fourth-order valence-corrected chi connectivity index (χ4v) is 2.73. The summed E-state index contributed by atoms with van der Waals surface area (Å²) in [7, 11) is 1.51. The number of furan rings is 1. The molecule has 0 aliphatic rings. The number of nitro groups is 2. The Morgan fingerprint density at radius 3 is 2.41 bits per heavy atom. The Morgan fingerprint density at radius 2 is 1.81 bits per heavy atom. The van der Waals surface area contributed by atoms with Gasteiger partial charge in [0.05, 0.1) is 28.6 Å². The van der Waals surface area contributed by atoms with Crippen molar-refractivity contribution < 1.29 is 23.8 Å². The number of nitrogens with zero attached hydrogens (tertiary/aromatic N) is 3. The lowest BCUT2D eigenvalue weighted by atomic mass is 10.1. The molecule has 0 fully saturated rings. The number of hydrogen-bond acceptors (Lipinski definition) is 8. The van der Waals surface area contributed by atoms with Crippen LogP contribution in [0.15, 0.2) is 64.6 Å². The highest BCUT2D eigenvalue weighted by atomic mass is 16.6. The molecule has 0 bridgehead atoms. The maximum absolute atomic E-state index is 12.4. The van der Waals surface area contributed by atoms with Crippen molar-refractivity contribution in [2.75, 3.05) is 12.4 Å². The Kier molecular flexibility index (Phi) is 6.26. The fourth-order valence-electron chi connectivity index (χ4n) is 2.73. The van der Waals surface area contributed by atoms with Crippen LogP contribution in [0.1, 0.15) is 5.76 Å². The highest BCUT2D eigenvalue weighted by Crippen LogP contribution is 2.34. The zero-order valence-electron chi connectivity index (χ0n) is 16.5. The standard InChI is InChI=1S/C21H14N4O7/c1-31-16-5-2-14(3-6-16)23-21(26)13(12-22)10-17-7-9-20(32-17)18-8-4-15(24(27)28)11-19(18)25(29)30/h2-11H,1H3,(H,23,26)/b13-10-. The number of nitrogens with one attached hydrogen (secondary N) is 1. The maximum atomic E-state index is 12.4. The Morgan fingerprint density at radius 1 is 1.09 bits per heavy atom. The third-order valence-corrected chi connectivity index (χ3v) is 4.28. The van der Waals surface area contributed by atoms with Gasteiger partial charge < -0.3 is 14.5 Å². The van der Waals surface area contributed by atoms with Gasteiger partial charge in [0.15, 0.2) is 0 Å². The average molecular weight is 434 g/mol. The van der Waals surface area contributed by atoms with E-state index in [2.05, 4.69) is 5.32 Å². The van der Waals surface area contributed by atoms with Gasteiger partial charge in [0.25, 0.3) is 17.3 Å². The molecule has 0 atom stereocenters. The third-order valence-electron chi connectivity index (χ3n) is 4.28. The molecular weight excluding hydrogens is 420 g/mol. The summed E-state index contributed by atoms with van der Waals surface area (Å²) in [4.78, 5) is 33.1. The van der Waals surface area contributed by atoms with Gasteiger partial charge >= 0.3 is 0 Å². The number of nitro benzene ring substituents is 2. The van der Waals surface area contributed by atoms with Crippen LogP contribution in [0.25, 0.3) is 17.4 Å². The van der Waals surface area contributed by atoms with Crippen molar-refractivity contribution >= 4 is 29.0 Å².